The molecule has 0 spiro atoms. The first kappa shape index (κ1) is 12.6. The normalized spacial score (nSPS) is 13.1. The minimum atomic E-state index is -1.09. The molecule has 0 aliphatic heterocycles. The smallest absolute Gasteiger partial charge is 0.306 e. The Bertz CT molecular complexity index is 575. The molecule has 1 heterocycles. The van der Waals surface area contributed by atoms with E-state index in [-0.39, 0.29) is 12.5 Å². The van der Waals surface area contributed by atoms with Gasteiger partial charge in [0.15, 0.2) is 0 Å². The number of aliphatic carboxylic acids is 1. The standard InChI is InChI=1S/C13H16N2O3/c1-8(2)15-10-6-4-3-5-9(10)14-13(15)11(16)7-12(17)18/h3-6,8,11,16H,7H2,1-2H3,(H,17,18). The summed E-state index contributed by atoms with van der Waals surface area (Å²) >= 11 is 0. The molecule has 0 fully saturated rings. The second-order valence-corrected chi connectivity index (χ2v) is 4.54. The van der Waals surface area contributed by atoms with Crippen LogP contribution in [0.25, 0.3) is 11.0 Å². The van der Waals surface area contributed by atoms with Crippen molar-refractivity contribution in [2.24, 2.45) is 0 Å². The zero-order valence-corrected chi connectivity index (χ0v) is 10.4. The summed E-state index contributed by atoms with van der Waals surface area (Å²) in [4.78, 5) is 15.0. The van der Waals surface area contributed by atoms with Gasteiger partial charge in [0, 0.05) is 6.04 Å². The Labute approximate surface area is 105 Å². The van der Waals surface area contributed by atoms with E-state index in [2.05, 4.69) is 4.98 Å². The van der Waals surface area contributed by atoms with Crippen LogP contribution in [0.5, 0.6) is 0 Å². The summed E-state index contributed by atoms with van der Waals surface area (Å²) in [6.45, 7) is 3.95. The third kappa shape index (κ3) is 2.22. The van der Waals surface area contributed by atoms with Gasteiger partial charge in [-0.05, 0) is 26.0 Å². The van der Waals surface area contributed by atoms with Crippen molar-refractivity contribution in [2.75, 3.05) is 0 Å². The molecule has 1 unspecified atom stereocenters. The van der Waals surface area contributed by atoms with E-state index < -0.39 is 12.1 Å². The number of imidazole rings is 1. The van der Waals surface area contributed by atoms with Crippen LogP contribution in [0.4, 0.5) is 0 Å². The quantitative estimate of drug-likeness (QED) is 0.869. The van der Waals surface area contributed by atoms with Crippen LogP contribution in [0, 0.1) is 0 Å². The van der Waals surface area contributed by atoms with E-state index in [9.17, 15) is 9.90 Å². The summed E-state index contributed by atoms with van der Waals surface area (Å²) in [7, 11) is 0. The number of benzene rings is 1. The maximum absolute atomic E-state index is 10.7. The summed E-state index contributed by atoms with van der Waals surface area (Å²) in [5.41, 5.74) is 1.68. The number of rotatable bonds is 4. The average Bonchev–Trinajstić information content (AvgIpc) is 2.67. The van der Waals surface area contributed by atoms with E-state index in [1.54, 1.807) is 0 Å². The zero-order chi connectivity index (χ0) is 13.3. The molecule has 18 heavy (non-hydrogen) atoms. The van der Waals surface area contributed by atoms with Crippen LogP contribution in [-0.2, 0) is 4.79 Å². The Morgan fingerprint density at radius 2 is 2.06 bits per heavy atom. The molecule has 1 atom stereocenters. The molecule has 5 nitrogen and oxygen atoms in total. The molecule has 0 saturated heterocycles. The van der Waals surface area contributed by atoms with Gasteiger partial charge < -0.3 is 14.8 Å². The number of para-hydroxylation sites is 2. The number of aromatic nitrogens is 2. The Balaban J connectivity index is 2.55. The Morgan fingerprint density at radius 3 is 2.67 bits per heavy atom. The van der Waals surface area contributed by atoms with Gasteiger partial charge in [0.05, 0.1) is 17.5 Å². The molecule has 2 aromatic rings. The minimum Gasteiger partial charge on any atom is -0.481 e. The molecule has 0 radical (unpaired) electrons. The Hall–Kier alpha value is -1.88. The van der Waals surface area contributed by atoms with Crippen molar-refractivity contribution in [3.63, 3.8) is 0 Å². The van der Waals surface area contributed by atoms with Crippen LogP contribution in [0.2, 0.25) is 0 Å². The van der Waals surface area contributed by atoms with Crippen LogP contribution < -0.4 is 0 Å². The molecule has 5 heteroatoms. The van der Waals surface area contributed by atoms with E-state index in [1.165, 1.54) is 0 Å². The van der Waals surface area contributed by atoms with Crippen molar-refractivity contribution in [3.05, 3.63) is 30.1 Å². The van der Waals surface area contributed by atoms with Gasteiger partial charge in [-0.1, -0.05) is 12.1 Å². The lowest BCUT2D eigenvalue weighted by Crippen LogP contribution is -2.13. The lowest BCUT2D eigenvalue weighted by Gasteiger charge is -2.15. The highest BCUT2D eigenvalue weighted by Gasteiger charge is 2.21. The summed E-state index contributed by atoms with van der Waals surface area (Å²) in [6.07, 6.45) is -1.42. The van der Waals surface area contributed by atoms with E-state index >= 15 is 0 Å². The molecule has 0 saturated carbocycles. The lowest BCUT2D eigenvalue weighted by atomic mass is 10.2. The summed E-state index contributed by atoms with van der Waals surface area (Å²) in [5.74, 6) is -0.626. The molecule has 0 amide bonds. The van der Waals surface area contributed by atoms with Crippen molar-refractivity contribution in [3.8, 4) is 0 Å². The molecule has 0 aliphatic carbocycles. The lowest BCUT2D eigenvalue weighted by molar-refractivity contribution is -0.139. The van der Waals surface area contributed by atoms with Gasteiger partial charge in [0.1, 0.15) is 11.9 Å². The van der Waals surface area contributed by atoms with E-state index in [4.69, 9.17) is 5.11 Å². The largest absolute Gasteiger partial charge is 0.481 e. The van der Waals surface area contributed by atoms with Crippen LogP contribution >= 0.6 is 0 Å². The number of fused-ring (bicyclic) bond motifs is 1. The number of carboxylic acid groups (broad SMARTS) is 1. The number of aliphatic hydroxyl groups excluding tert-OH is 1. The highest BCUT2D eigenvalue weighted by Crippen LogP contribution is 2.26. The predicted octanol–water partition coefficient (Wildman–Crippen LogP) is 2.13. The van der Waals surface area contributed by atoms with Gasteiger partial charge >= 0.3 is 5.97 Å². The van der Waals surface area contributed by atoms with Crippen LogP contribution in [0.15, 0.2) is 24.3 Å². The van der Waals surface area contributed by atoms with Crippen molar-refractivity contribution in [1.29, 1.82) is 0 Å². The van der Waals surface area contributed by atoms with Crippen LogP contribution in [-0.4, -0.2) is 25.7 Å². The summed E-state index contributed by atoms with van der Waals surface area (Å²) in [6, 6.07) is 7.64. The van der Waals surface area contributed by atoms with Gasteiger partial charge in [-0.2, -0.15) is 0 Å². The van der Waals surface area contributed by atoms with E-state index in [1.807, 2.05) is 42.7 Å². The number of aliphatic hydroxyl groups is 1. The third-order valence-corrected chi connectivity index (χ3v) is 2.81. The molecule has 0 bridgehead atoms. The Kier molecular flexibility index (Phi) is 3.34. The van der Waals surface area contributed by atoms with E-state index in [0.29, 0.717) is 5.82 Å². The first-order valence-corrected chi connectivity index (χ1v) is 5.87. The Morgan fingerprint density at radius 1 is 1.39 bits per heavy atom. The number of hydrogen-bond donors (Lipinski definition) is 2. The fourth-order valence-electron chi connectivity index (χ4n) is 2.10. The molecule has 1 aromatic carbocycles. The van der Waals surface area contributed by atoms with Crippen molar-refractivity contribution in [2.45, 2.75) is 32.4 Å². The summed E-state index contributed by atoms with van der Waals surface area (Å²) in [5, 5.41) is 18.7. The predicted molar refractivity (Wildman–Crippen MR) is 67.3 cm³/mol. The summed E-state index contributed by atoms with van der Waals surface area (Å²) < 4.78 is 1.88. The monoisotopic (exact) mass is 248 g/mol. The first-order valence-electron chi connectivity index (χ1n) is 5.87. The van der Waals surface area contributed by atoms with Gasteiger partial charge in [-0.3, -0.25) is 4.79 Å². The van der Waals surface area contributed by atoms with Gasteiger partial charge in [-0.25, -0.2) is 4.98 Å². The fraction of sp³-hybridized carbons (Fsp3) is 0.385. The zero-order valence-electron chi connectivity index (χ0n) is 10.4. The average molecular weight is 248 g/mol. The number of carboxylic acids is 1. The topological polar surface area (TPSA) is 75.4 Å². The van der Waals surface area contributed by atoms with Crippen molar-refractivity contribution < 1.29 is 15.0 Å². The van der Waals surface area contributed by atoms with Crippen LogP contribution in [0.3, 0.4) is 0 Å². The second-order valence-electron chi connectivity index (χ2n) is 4.54. The maximum atomic E-state index is 10.7. The molecule has 2 rings (SSSR count). The van der Waals surface area contributed by atoms with Crippen LogP contribution in [0.1, 0.15) is 38.2 Å². The number of nitrogens with zero attached hydrogens (tertiary/aromatic N) is 2. The van der Waals surface area contributed by atoms with Gasteiger partial charge in [-0.15, -0.1) is 0 Å². The first-order chi connectivity index (χ1) is 8.50. The van der Waals surface area contributed by atoms with Crippen molar-refractivity contribution in [1.82, 2.24) is 9.55 Å². The fourth-order valence-corrected chi connectivity index (χ4v) is 2.10. The molecular weight excluding hydrogens is 232 g/mol. The maximum Gasteiger partial charge on any atom is 0.306 e. The van der Waals surface area contributed by atoms with Gasteiger partial charge in [0.25, 0.3) is 0 Å². The highest BCUT2D eigenvalue weighted by atomic mass is 16.4. The second kappa shape index (κ2) is 4.78. The molecule has 2 N–H and O–H groups in total. The third-order valence-electron chi connectivity index (χ3n) is 2.81. The van der Waals surface area contributed by atoms with E-state index in [0.717, 1.165) is 11.0 Å². The van der Waals surface area contributed by atoms with Gasteiger partial charge in [0.2, 0.25) is 0 Å². The number of carbonyl (C=O) groups is 1. The molecular formula is C13H16N2O3. The molecule has 0 aliphatic rings. The SMILES string of the molecule is CC(C)n1c(C(O)CC(=O)O)nc2ccccc21. The molecule has 1 aromatic heterocycles. The minimum absolute atomic E-state index is 0.107. The molecule has 96 valence electrons. The highest BCUT2D eigenvalue weighted by molar-refractivity contribution is 5.76. The van der Waals surface area contributed by atoms with Crippen molar-refractivity contribution >= 4 is 17.0 Å². The number of hydrogen-bond acceptors (Lipinski definition) is 3.